The van der Waals surface area contributed by atoms with E-state index in [0.29, 0.717) is 16.7 Å². The Morgan fingerprint density at radius 1 is 0.944 bits per heavy atom. The predicted octanol–water partition coefficient (Wildman–Crippen LogP) is 4.71. The van der Waals surface area contributed by atoms with Gasteiger partial charge in [-0.05, 0) is 24.1 Å². The van der Waals surface area contributed by atoms with Crippen LogP contribution in [0.5, 0.6) is 23.0 Å². The number of carbonyl (C=O) groups excluding carboxylic acids is 3. The first-order chi connectivity index (χ1) is 17.0. The van der Waals surface area contributed by atoms with E-state index in [4.69, 9.17) is 42.1 Å². The predicted molar refractivity (Wildman–Crippen MR) is 124 cm³/mol. The Balaban J connectivity index is 1.80. The van der Waals surface area contributed by atoms with Crippen molar-refractivity contribution in [3.05, 3.63) is 68.7 Å². The highest BCUT2D eigenvalue weighted by Gasteiger charge is 2.58. The van der Waals surface area contributed by atoms with Crippen molar-refractivity contribution in [2.24, 2.45) is 5.92 Å². The van der Waals surface area contributed by atoms with Crippen LogP contribution in [0.3, 0.4) is 0 Å². The van der Waals surface area contributed by atoms with Crippen LogP contribution in [0.25, 0.3) is 0 Å². The molecule has 0 aromatic heterocycles. The quantitative estimate of drug-likeness (QED) is 0.443. The normalized spacial score (nSPS) is 18.6. The number of carboxylic acids is 1. The summed E-state index contributed by atoms with van der Waals surface area (Å²) in [5.74, 6) is -3.56. The summed E-state index contributed by atoms with van der Waals surface area (Å²) >= 11 is 12.8. The second kappa shape index (κ2) is 8.39. The molecule has 5 rings (SSSR count). The molecule has 1 saturated heterocycles. The topological polar surface area (TPSA) is 125 Å². The summed E-state index contributed by atoms with van der Waals surface area (Å²) in [6, 6.07) is 5.68. The maximum Gasteiger partial charge on any atom is 0.331 e. The minimum Gasteiger partial charge on any atom is -0.478 e. The van der Waals surface area contributed by atoms with Gasteiger partial charge in [0, 0.05) is 42.7 Å². The van der Waals surface area contributed by atoms with Gasteiger partial charge in [-0.25, -0.2) is 4.79 Å². The molecular formula is C25H16Cl2O9. The second-order valence-corrected chi connectivity index (χ2v) is 9.14. The van der Waals surface area contributed by atoms with Gasteiger partial charge in [0.15, 0.2) is 17.1 Å². The van der Waals surface area contributed by atoms with Crippen molar-refractivity contribution < 1.29 is 43.2 Å². The molecule has 1 spiro atoms. The fourth-order valence-electron chi connectivity index (χ4n) is 4.66. The number of rotatable bonds is 3. The van der Waals surface area contributed by atoms with E-state index in [9.17, 15) is 24.3 Å². The van der Waals surface area contributed by atoms with Crippen molar-refractivity contribution in [3.63, 3.8) is 0 Å². The lowest BCUT2D eigenvalue weighted by atomic mass is 9.72. The number of benzene rings is 2. The molecule has 0 amide bonds. The van der Waals surface area contributed by atoms with Crippen LogP contribution in [0.4, 0.5) is 0 Å². The van der Waals surface area contributed by atoms with Gasteiger partial charge in [0.25, 0.3) is 0 Å². The maximum absolute atomic E-state index is 13.1. The molecule has 1 N–H and O–H groups in total. The van der Waals surface area contributed by atoms with Crippen LogP contribution in [0.1, 0.15) is 31.4 Å². The molecule has 11 heteroatoms. The Bertz CT molecular complexity index is 1380. The van der Waals surface area contributed by atoms with E-state index in [0.717, 1.165) is 0 Å². The molecule has 0 radical (unpaired) electrons. The lowest BCUT2D eigenvalue weighted by molar-refractivity contribution is -0.148. The Kier molecular flexibility index (Phi) is 5.57. The highest BCUT2D eigenvalue weighted by molar-refractivity contribution is 6.32. The molecule has 2 aromatic rings. The van der Waals surface area contributed by atoms with Crippen molar-refractivity contribution in [1.29, 1.82) is 0 Å². The molecule has 184 valence electrons. The van der Waals surface area contributed by atoms with Gasteiger partial charge in [-0.15, -0.1) is 0 Å². The number of allylic oxidation sites excluding steroid dienone is 2. The highest BCUT2D eigenvalue weighted by atomic mass is 35.5. The van der Waals surface area contributed by atoms with E-state index >= 15 is 0 Å². The molecule has 2 aliphatic heterocycles. The summed E-state index contributed by atoms with van der Waals surface area (Å²) in [5.41, 5.74) is -0.433. The van der Waals surface area contributed by atoms with Gasteiger partial charge in [0.2, 0.25) is 0 Å². The SMILES string of the molecule is CC(=O)Oc1cc2c(cc1Cl)C1(OC(=O)C3CC(C(=O)O)=CC=C31)c1cc(Cl)c(OC(C)=O)cc1O2. The monoisotopic (exact) mass is 530 g/mol. The minimum absolute atomic E-state index is 0.0160. The first kappa shape index (κ1) is 23.9. The van der Waals surface area contributed by atoms with Crippen molar-refractivity contribution in [1.82, 2.24) is 0 Å². The van der Waals surface area contributed by atoms with E-state index in [-0.39, 0.29) is 45.0 Å². The molecule has 1 atom stereocenters. The second-order valence-electron chi connectivity index (χ2n) is 8.32. The smallest absolute Gasteiger partial charge is 0.331 e. The molecule has 2 aromatic carbocycles. The minimum atomic E-state index is -1.58. The molecule has 0 bridgehead atoms. The van der Waals surface area contributed by atoms with Gasteiger partial charge in [0.05, 0.1) is 16.0 Å². The lowest BCUT2D eigenvalue weighted by Crippen LogP contribution is -2.33. The maximum atomic E-state index is 13.1. The van der Waals surface area contributed by atoms with E-state index in [1.807, 2.05) is 0 Å². The van der Waals surface area contributed by atoms with Crippen LogP contribution < -0.4 is 14.2 Å². The van der Waals surface area contributed by atoms with Crippen LogP contribution in [0.2, 0.25) is 10.0 Å². The van der Waals surface area contributed by atoms with E-state index in [2.05, 4.69) is 0 Å². The lowest BCUT2D eigenvalue weighted by Gasteiger charge is -2.38. The summed E-state index contributed by atoms with van der Waals surface area (Å²) in [6.45, 7) is 2.42. The third-order valence-electron chi connectivity index (χ3n) is 6.04. The third kappa shape index (κ3) is 3.63. The van der Waals surface area contributed by atoms with Gasteiger partial charge in [-0.2, -0.15) is 0 Å². The van der Waals surface area contributed by atoms with Gasteiger partial charge < -0.3 is 24.1 Å². The summed E-state index contributed by atoms with van der Waals surface area (Å²) in [5, 5.41) is 9.56. The van der Waals surface area contributed by atoms with Crippen LogP contribution in [-0.2, 0) is 29.5 Å². The molecule has 1 fully saturated rings. The molecule has 0 saturated carbocycles. The Morgan fingerprint density at radius 3 is 1.94 bits per heavy atom. The number of carboxylic acid groups (broad SMARTS) is 1. The van der Waals surface area contributed by atoms with Crippen LogP contribution >= 0.6 is 23.2 Å². The molecular weight excluding hydrogens is 515 g/mol. The van der Waals surface area contributed by atoms with E-state index in [1.54, 1.807) is 0 Å². The third-order valence-corrected chi connectivity index (χ3v) is 6.63. The largest absolute Gasteiger partial charge is 0.478 e. The first-order valence-corrected chi connectivity index (χ1v) is 11.4. The van der Waals surface area contributed by atoms with Gasteiger partial charge in [-0.1, -0.05) is 35.4 Å². The van der Waals surface area contributed by atoms with Gasteiger partial charge >= 0.3 is 23.9 Å². The Hall–Kier alpha value is -3.82. The molecule has 3 aliphatic rings. The molecule has 1 aliphatic carbocycles. The van der Waals surface area contributed by atoms with Crippen LogP contribution in [0, 0.1) is 5.92 Å². The zero-order chi connectivity index (χ0) is 25.9. The number of halogens is 2. The number of esters is 3. The number of fused-ring (bicyclic) bond motifs is 6. The van der Waals surface area contributed by atoms with Crippen molar-refractivity contribution in [2.45, 2.75) is 25.9 Å². The Morgan fingerprint density at radius 2 is 1.47 bits per heavy atom. The molecule has 9 nitrogen and oxygen atoms in total. The highest BCUT2D eigenvalue weighted by Crippen LogP contribution is 2.61. The number of hydrogen-bond donors (Lipinski definition) is 1. The summed E-state index contributed by atoms with van der Waals surface area (Å²) in [7, 11) is 0. The van der Waals surface area contributed by atoms with Gasteiger partial charge in [0.1, 0.15) is 11.5 Å². The van der Waals surface area contributed by atoms with Crippen LogP contribution in [-0.4, -0.2) is 29.0 Å². The molecule has 2 heterocycles. The van der Waals surface area contributed by atoms with E-state index < -0.39 is 35.4 Å². The number of hydrogen-bond acceptors (Lipinski definition) is 8. The zero-order valence-electron chi connectivity index (χ0n) is 18.7. The zero-order valence-corrected chi connectivity index (χ0v) is 20.2. The van der Waals surface area contributed by atoms with Crippen LogP contribution in [0.15, 0.2) is 47.6 Å². The summed E-state index contributed by atoms with van der Waals surface area (Å²) < 4.78 is 22.4. The number of aliphatic carboxylic acids is 1. The summed E-state index contributed by atoms with van der Waals surface area (Å²) in [6.07, 6.45) is 2.87. The van der Waals surface area contributed by atoms with Crippen molar-refractivity contribution >= 4 is 47.1 Å². The fourth-order valence-corrected chi connectivity index (χ4v) is 5.06. The molecule has 1 unspecified atom stereocenters. The number of carbonyl (C=O) groups is 4. The summed E-state index contributed by atoms with van der Waals surface area (Å²) in [4.78, 5) is 47.8. The first-order valence-electron chi connectivity index (χ1n) is 10.6. The molecule has 36 heavy (non-hydrogen) atoms. The Labute approximate surface area is 213 Å². The standard InChI is InChI=1S/C25H16Cl2O9/c1-10(28)33-21-8-19-15(6-17(21)26)25(14-4-3-12(23(30)31)5-13(14)24(32)36-25)16-7-18(27)22(34-11(2)29)9-20(16)35-19/h3-4,6-9,13H,5H2,1-2H3,(H,30,31). The average molecular weight is 531 g/mol. The van der Waals surface area contributed by atoms with Crippen molar-refractivity contribution in [3.8, 4) is 23.0 Å². The average Bonchev–Trinajstić information content (AvgIpc) is 3.08. The van der Waals surface area contributed by atoms with Crippen molar-refractivity contribution in [2.75, 3.05) is 0 Å². The van der Waals surface area contributed by atoms with Gasteiger partial charge in [-0.3, -0.25) is 14.4 Å². The van der Waals surface area contributed by atoms with E-state index in [1.165, 1.54) is 50.3 Å². The number of ether oxygens (including phenoxy) is 4. The fraction of sp³-hybridized carbons (Fsp3) is 0.200.